The Hall–Kier alpha value is -6.63. The molecule has 1 saturated heterocycles. The molecular formula is C81H129N9O16S. The fourth-order valence-corrected chi connectivity index (χ4v) is 11.2. The number of aliphatic hydroxyl groups excluding tert-OH is 5. The first-order valence-electron chi connectivity index (χ1n) is 38.0. The molecule has 5 aromatic rings. The van der Waals surface area contributed by atoms with E-state index in [9.17, 15) is 39.9 Å². The Bertz CT molecular complexity index is 3420. The van der Waals surface area contributed by atoms with E-state index in [-0.39, 0.29) is 60.7 Å². The fraction of sp³-hybridized carbons (Fsp3) is 0.642. The standard InChI is InChI=1S/C18H29NO3.C17H27NO4.C17H25NO3.C16H24N2O3.C13H24N4O3S/c1-14(2)19-11-17(20)13-22-18-7-5-15(6-8-18)9-10-21-12-16-3-4-16;1-10(2)18-8-15(20)9-21-16-7-11(3)17(22-14(6)19)13(5)12(16)4;1-17(2,3)18-10-12(19)11-21-16-9-5-6-13-14(16)7-4-8-15(13)20;1-16(2,3)17-9-11(19)10-21-14-6-4-5-13-12(14)7-8-15(20)18-13;1-13(2,3)14-8-10(18)9-20-12-11(15-21-16-12)17-4-6-19-7-5-17/h5-8,14,16-17,19-20H,3-4,9-13H2,1-2H3;7,10,15,18,20H,8-9H2,1-6H3;5-6,9,12,18-19H,4,7-8,10-11H2,1-3H3;4-6,11,17,19H,7-10H2,1-3H3,(H,18,20);10,14,18H,4-9H2,1-3H3/t;;12-;;10-/m..0.1/s1. The van der Waals surface area contributed by atoms with Gasteiger partial charge in [-0.3, -0.25) is 14.4 Å². The molecule has 2 aliphatic heterocycles. The number of fused-ring (bicyclic) bond motifs is 2. The number of hydrogen-bond donors (Lipinski definition) is 11. The Morgan fingerprint density at radius 1 is 0.617 bits per heavy atom. The summed E-state index contributed by atoms with van der Waals surface area (Å²) in [5.41, 5.74) is 7.38. The van der Waals surface area contributed by atoms with Gasteiger partial charge in [-0.05, 0) is 186 Å². The van der Waals surface area contributed by atoms with Gasteiger partial charge in [0.1, 0.15) is 92.3 Å². The number of carbonyl (C=O) groups excluding carboxylic acids is 3. The van der Waals surface area contributed by atoms with Crippen molar-refractivity contribution in [3.63, 3.8) is 0 Å². The molecule has 25 nitrogen and oxygen atoms in total. The van der Waals surface area contributed by atoms with Gasteiger partial charge in [-0.2, -0.15) is 4.37 Å². The number of aromatic nitrogens is 2. The maximum atomic E-state index is 11.9. The number of carbonyl (C=O) groups is 3. The quantitative estimate of drug-likeness (QED) is 0.0104. The molecule has 4 aromatic carbocycles. The summed E-state index contributed by atoms with van der Waals surface area (Å²) in [5.74, 6) is 5.52. The minimum absolute atomic E-state index is 0.0257. The van der Waals surface area contributed by atoms with Gasteiger partial charge in [0.25, 0.3) is 5.88 Å². The zero-order chi connectivity index (χ0) is 78.9. The van der Waals surface area contributed by atoms with Crippen molar-refractivity contribution in [1.29, 1.82) is 0 Å². The number of ketones is 1. The number of morpholine rings is 1. The van der Waals surface area contributed by atoms with Crippen LogP contribution in [0.25, 0.3) is 0 Å². The van der Waals surface area contributed by atoms with Crippen LogP contribution < -0.4 is 65.2 Å². The van der Waals surface area contributed by atoms with E-state index in [2.05, 4.69) is 134 Å². The highest BCUT2D eigenvalue weighted by molar-refractivity contribution is 6.99. The van der Waals surface area contributed by atoms with Crippen molar-refractivity contribution in [2.75, 3.05) is 115 Å². The van der Waals surface area contributed by atoms with Gasteiger partial charge in [0.05, 0.1) is 31.5 Å². The summed E-state index contributed by atoms with van der Waals surface area (Å²) in [7, 11) is 0. The first-order valence-corrected chi connectivity index (χ1v) is 38.7. The molecule has 1 amide bonds. The van der Waals surface area contributed by atoms with Crippen LogP contribution in [0.4, 0.5) is 11.5 Å². The average molecular weight is 1520 g/mol. The van der Waals surface area contributed by atoms with Gasteiger partial charge in [-0.1, -0.05) is 58.0 Å². The van der Waals surface area contributed by atoms with Crippen LogP contribution in [0.1, 0.15) is 173 Å². The highest BCUT2D eigenvalue weighted by Gasteiger charge is 2.26. The Morgan fingerprint density at radius 2 is 1.13 bits per heavy atom. The lowest BCUT2D eigenvalue weighted by Gasteiger charge is -2.27. The smallest absolute Gasteiger partial charge is 0.308 e. The van der Waals surface area contributed by atoms with Gasteiger partial charge in [0.15, 0.2) is 5.78 Å². The second-order valence-corrected chi connectivity index (χ2v) is 32.0. The van der Waals surface area contributed by atoms with Crippen molar-refractivity contribution in [1.82, 2.24) is 35.3 Å². The molecule has 11 N–H and O–H groups in total. The molecule has 5 atom stereocenters. The minimum Gasteiger partial charge on any atom is -0.491 e. The summed E-state index contributed by atoms with van der Waals surface area (Å²) < 4.78 is 53.1. The van der Waals surface area contributed by atoms with Crippen molar-refractivity contribution in [2.45, 2.75) is 228 Å². The van der Waals surface area contributed by atoms with Crippen LogP contribution in [0.2, 0.25) is 0 Å². The lowest BCUT2D eigenvalue weighted by atomic mass is 9.90. The molecule has 2 aliphatic carbocycles. The number of ether oxygens (including phenoxy) is 8. The lowest BCUT2D eigenvalue weighted by Crippen LogP contribution is -2.42. The lowest BCUT2D eigenvalue weighted by molar-refractivity contribution is -0.132. The van der Waals surface area contributed by atoms with Crippen LogP contribution in [-0.2, 0) is 38.3 Å². The molecule has 3 unspecified atom stereocenters. The third kappa shape index (κ3) is 37.1. The van der Waals surface area contributed by atoms with Gasteiger partial charge in [-0.15, -0.1) is 4.37 Å². The monoisotopic (exact) mass is 1520 g/mol. The maximum absolute atomic E-state index is 11.9. The number of esters is 1. The van der Waals surface area contributed by atoms with Crippen molar-refractivity contribution >= 4 is 40.9 Å². The van der Waals surface area contributed by atoms with Crippen molar-refractivity contribution < 1.29 is 77.8 Å². The van der Waals surface area contributed by atoms with Crippen LogP contribution >= 0.6 is 11.7 Å². The largest absolute Gasteiger partial charge is 0.491 e. The predicted molar refractivity (Wildman–Crippen MR) is 423 cm³/mol. The van der Waals surface area contributed by atoms with Crippen LogP contribution in [0.5, 0.6) is 34.6 Å². The topological polar surface area (TPSA) is 327 Å². The molecule has 2 fully saturated rings. The van der Waals surface area contributed by atoms with E-state index in [0.717, 1.165) is 125 Å². The number of β-amino-alcohol motifs (C(OH)–C–C–N with tert-alkyl or cyclic N) is 3. The molecule has 0 spiro atoms. The number of rotatable bonds is 34. The van der Waals surface area contributed by atoms with E-state index in [1.807, 2.05) is 89.2 Å². The van der Waals surface area contributed by atoms with Crippen LogP contribution in [0.15, 0.2) is 66.7 Å². The van der Waals surface area contributed by atoms with Crippen LogP contribution in [0.3, 0.4) is 0 Å². The number of amides is 1. The SMILES string of the molecule is CC(=O)Oc1c(C)cc(OCC(O)CNC(C)C)c(C)c1C.CC(C)(C)NCC(O)COc1cccc2c1CCC(=O)N2.CC(C)(C)NC[C@@H](O)COc1nsnc1N1CCOCC1.CC(C)(C)NC[C@H](O)COc1cccc2c1CCCC2=O.CC(C)NCC(O)COc1ccc(CCOCC2CC2)cc1. The summed E-state index contributed by atoms with van der Waals surface area (Å²) in [6.07, 6.45) is 4.34. The first-order chi connectivity index (χ1) is 50.5. The average Bonchev–Trinajstić information content (AvgIpc) is 1.53. The normalized spacial score (nSPS) is 15.7. The zero-order valence-electron chi connectivity index (χ0n) is 66.9. The Balaban J connectivity index is 0.000000240. The van der Waals surface area contributed by atoms with Gasteiger partial charge < -0.3 is 100 Å². The second kappa shape index (κ2) is 46.1. The predicted octanol–water partition coefficient (Wildman–Crippen LogP) is 9.20. The molecular weight excluding hydrogens is 1390 g/mol. The van der Waals surface area contributed by atoms with Crippen molar-refractivity contribution in [3.05, 3.63) is 106 Å². The third-order valence-electron chi connectivity index (χ3n) is 17.0. The van der Waals surface area contributed by atoms with E-state index in [0.29, 0.717) is 101 Å². The summed E-state index contributed by atoms with van der Waals surface area (Å²) in [6, 6.07) is 21.8. The zero-order valence-corrected chi connectivity index (χ0v) is 67.7. The Morgan fingerprint density at radius 3 is 1.66 bits per heavy atom. The minimum atomic E-state index is -0.580. The molecule has 600 valence electrons. The summed E-state index contributed by atoms with van der Waals surface area (Å²) >= 11 is 1.12. The first kappa shape index (κ1) is 91.0. The number of aliphatic hydroxyl groups is 5. The number of nitrogens with one attached hydrogen (secondary N) is 6. The van der Waals surface area contributed by atoms with Crippen molar-refractivity contribution in [2.24, 2.45) is 5.92 Å². The third-order valence-corrected chi connectivity index (χ3v) is 17.5. The Labute approximate surface area is 641 Å². The highest BCUT2D eigenvalue weighted by Crippen LogP contribution is 2.35. The molecule has 4 aliphatic rings. The molecule has 1 aromatic heterocycles. The summed E-state index contributed by atoms with van der Waals surface area (Å²) in [5, 5.41) is 68.5. The van der Waals surface area contributed by atoms with Gasteiger partial charge in [-0.25, -0.2) is 0 Å². The maximum Gasteiger partial charge on any atom is 0.308 e. The molecule has 0 radical (unpaired) electrons. The van der Waals surface area contributed by atoms with Gasteiger partial charge >= 0.3 is 5.97 Å². The van der Waals surface area contributed by atoms with E-state index in [1.54, 1.807) is 0 Å². The number of aryl methyl sites for hydroxylation is 1. The molecule has 0 bridgehead atoms. The van der Waals surface area contributed by atoms with Gasteiger partial charge in [0.2, 0.25) is 11.7 Å². The van der Waals surface area contributed by atoms with Gasteiger partial charge in [0, 0.05) is 123 Å². The number of anilines is 2. The molecule has 26 heteroatoms. The molecule has 107 heavy (non-hydrogen) atoms. The van der Waals surface area contributed by atoms with E-state index < -0.39 is 30.5 Å². The number of Topliss-reactive ketones (excluding diaryl/α,β-unsaturated/α-hetero) is 1. The summed E-state index contributed by atoms with van der Waals surface area (Å²) in [6.45, 7) is 42.0. The number of benzene rings is 4. The van der Waals surface area contributed by atoms with E-state index in [1.165, 1.54) is 25.3 Å². The molecule has 3 heterocycles. The van der Waals surface area contributed by atoms with Crippen LogP contribution in [0, 0.1) is 26.7 Å². The fourth-order valence-electron chi connectivity index (χ4n) is 10.7. The second-order valence-electron chi connectivity index (χ2n) is 31.5. The summed E-state index contributed by atoms with van der Waals surface area (Å²) in [4.78, 5) is 36.5. The van der Waals surface area contributed by atoms with Crippen LogP contribution in [-0.4, -0.2) is 216 Å². The number of hydrogen-bond acceptors (Lipinski definition) is 25. The molecule has 9 rings (SSSR count). The highest BCUT2D eigenvalue weighted by atomic mass is 32.1. The van der Waals surface area contributed by atoms with E-state index in [4.69, 9.17) is 37.9 Å². The number of nitrogens with zero attached hydrogens (tertiary/aromatic N) is 3. The molecule has 1 saturated carbocycles. The van der Waals surface area contributed by atoms with Crippen molar-refractivity contribution in [3.8, 4) is 34.6 Å². The Kier molecular flexibility index (Phi) is 39.2. The van der Waals surface area contributed by atoms with E-state index >= 15 is 0 Å².